The van der Waals surface area contributed by atoms with Crippen LogP contribution < -0.4 is 4.90 Å². The normalized spacial score (nSPS) is 15.7. The second-order valence-corrected chi connectivity index (χ2v) is 7.90. The number of hydrogen-bond acceptors (Lipinski definition) is 6. The molecule has 0 spiro atoms. The van der Waals surface area contributed by atoms with Gasteiger partial charge in [-0.3, -0.25) is 4.99 Å². The Labute approximate surface area is 191 Å². The number of nitrogens with zero attached hydrogens (tertiary/aromatic N) is 4. The number of likely N-dealkylation sites (N-methyl/N-ethyl adjacent to an activating group) is 1. The number of aromatic nitrogens is 2. The van der Waals surface area contributed by atoms with Gasteiger partial charge >= 0.3 is 0 Å². The Kier molecular flexibility index (Phi) is 7.05. The summed E-state index contributed by atoms with van der Waals surface area (Å²) in [7, 11) is 5.05. The molecule has 6 nitrogen and oxygen atoms in total. The first-order valence-electron chi connectivity index (χ1n) is 10.7. The van der Waals surface area contributed by atoms with Crippen LogP contribution in [0, 0.1) is 11.6 Å². The van der Waals surface area contributed by atoms with Crippen LogP contribution in [0.5, 0.6) is 0 Å². The van der Waals surface area contributed by atoms with Crippen LogP contribution in [0.4, 0.5) is 14.7 Å². The van der Waals surface area contributed by atoms with Crippen LogP contribution in [0.3, 0.4) is 0 Å². The highest BCUT2D eigenvalue weighted by atomic mass is 19.1. The molecule has 8 heteroatoms. The van der Waals surface area contributed by atoms with E-state index < -0.39 is 11.6 Å². The molecule has 2 aromatic carbocycles. The standard InChI is InChI=1S/C25H26F2N4O2/c1-31(15-23(32-2)33-3)25-28-13-18(14-29-25)16-7-9-17(10-8-16)21-11-12-22(30-21)24-19(26)5-4-6-20(24)27/h4-10,13-14,21,23H,11-12,15H2,1-3H3. The van der Waals surface area contributed by atoms with Gasteiger partial charge in [-0.15, -0.1) is 0 Å². The Morgan fingerprint density at radius 1 is 0.970 bits per heavy atom. The molecule has 1 atom stereocenters. The lowest BCUT2D eigenvalue weighted by atomic mass is 10.0. The Bertz CT molecular complexity index is 1100. The zero-order valence-electron chi connectivity index (χ0n) is 18.8. The van der Waals surface area contributed by atoms with Crippen molar-refractivity contribution in [2.45, 2.75) is 25.2 Å². The summed E-state index contributed by atoms with van der Waals surface area (Å²) in [5, 5.41) is 0. The lowest BCUT2D eigenvalue weighted by Crippen LogP contribution is -2.32. The van der Waals surface area contributed by atoms with E-state index in [4.69, 9.17) is 9.47 Å². The molecule has 1 aliphatic rings. The SMILES string of the molecule is COC(CN(C)c1ncc(-c2ccc(C3CCC(c4c(F)cccc4F)=N3)cc2)cn1)OC. The van der Waals surface area contributed by atoms with Gasteiger partial charge in [0.1, 0.15) is 11.6 Å². The average Bonchev–Trinajstić information content (AvgIpc) is 3.32. The van der Waals surface area contributed by atoms with Crippen molar-refractivity contribution in [1.82, 2.24) is 9.97 Å². The van der Waals surface area contributed by atoms with Crippen molar-refractivity contribution in [2.24, 2.45) is 4.99 Å². The van der Waals surface area contributed by atoms with Crippen LogP contribution in [0.25, 0.3) is 11.1 Å². The monoisotopic (exact) mass is 452 g/mol. The van der Waals surface area contributed by atoms with E-state index in [0.717, 1.165) is 23.1 Å². The number of ether oxygens (including phenoxy) is 2. The van der Waals surface area contributed by atoms with Crippen LogP contribution in [0.15, 0.2) is 59.9 Å². The summed E-state index contributed by atoms with van der Waals surface area (Å²) in [5.74, 6) is -0.569. The van der Waals surface area contributed by atoms with Crippen LogP contribution in [-0.2, 0) is 9.47 Å². The molecule has 0 saturated carbocycles. The number of rotatable bonds is 8. The summed E-state index contributed by atoms with van der Waals surface area (Å²) >= 11 is 0. The zero-order valence-corrected chi connectivity index (χ0v) is 18.8. The predicted molar refractivity (Wildman–Crippen MR) is 123 cm³/mol. The molecule has 1 aromatic heterocycles. The van der Waals surface area contributed by atoms with Gasteiger partial charge in [-0.25, -0.2) is 18.7 Å². The van der Waals surface area contributed by atoms with E-state index in [-0.39, 0.29) is 17.9 Å². The Balaban J connectivity index is 1.46. The van der Waals surface area contributed by atoms with Crippen LogP contribution in [-0.4, -0.2) is 49.8 Å². The van der Waals surface area contributed by atoms with Crippen molar-refractivity contribution in [3.63, 3.8) is 0 Å². The molecule has 0 radical (unpaired) electrons. The number of halogens is 2. The summed E-state index contributed by atoms with van der Waals surface area (Å²) < 4.78 is 38.6. The van der Waals surface area contributed by atoms with Crippen molar-refractivity contribution < 1.29 is 18.3 Å². The molecule has 0 aliphatic carbocycles. The van der Waals surface area contributed by atoms with Crippen molar-refractivity contribution >= 4 is 11.7 Å². The third kappa shape index (κ3) is 5.07. The van der Waals surface area contributed by atoms with Crippen molar-refractivity contribution in [2.75, 3.05) is 32.7 Å². The van der Waals surface area contributed by atoms with Crippen molar-refractivity contribution in [1.29, 1.82) is 0 Å². The second kappa shape index (κ2) is 10.1. The highest BCUT2D eigenvalue weighted by Gasteiger charge is 2.24. The van der Waals surface area contributed by atoms with E-state index in [9.17, 15) is 8.78 Å². The van der Waals surface area contributed by atoms with E-state index in [2.05, 4.69) is 15.0 Å². The minimum atomic E-state index is -0.571. The molecule has 0 bridgehead atoms. The lowest BCUT2D eigenvalue weighted by molar-refractivity contribution is -0.0945. The fourth-order valence-electron chi connectivity index (χ4n) is 3.91. The van der Waals surface area contributed by atoms with E-state index in [0.29, 0.717) is 24.6 Å². The average molecular weight is 453 g/mol. The van der Waals surface area contributed by atoms with Crippen molar-refractivity contribution in [3.8, 4) is 11.1 Å². The fourth-order valence-corrected chi connectivity index (χ4v) is 3.91. The van der Waals surface area contributed by atoms with Gasteiger partial charge < -0.3 is 14.4 Å². The molecule has 33 heavy (non-hydrogen) atoms. The Morgan fingerprint density at radius 2 is 1.61 bits per heavy atom. The van der Waals surface area contributed by atoms with Crippen LogP contribution in [0.2, 0.25) is 0 Å². The smallest absolute Gasteiger partial charge is 0.225 e. The van der Waals surface area contributed by atoms with E-state index >= 15 is 0 Å². The van der Waals surface area contributed by atoms with Gasteiger partial charge in [0.15, 0.2) is 6.29 Å². The quantitative estimate of drug-likeness (QED) is 0.460. The Hall–Kier alpha value is -3.23. The molecule has 0 saturated heterocycles. The summed E-state index contributed by atoms with van der Waals surface area (Å²) in [6.45, 7) is 0.502. The number of anilines is 1. The topological polar surface area (TPSA) is 59.8 Å². The highest BCUT2D eigenvalue weighted by molar-refractivity contribution is 6.02. The zero-order chi connectivity index (χ0) is 23.4. The maximum atomic E-state index is 14.1. The molecule has 0 fully saturated rings. The lowest BCUT2D eigenvalue weighted by Gasteiger charge is -2.22. The second-order valence-electron chi connectivity index (χ2n) is 7.90. The third-order valence-electron chi connectivity index (χ3n) is 5.77. The summed E-state index contributed by atoms with van der Waals surface area (Å²) in [6, 6.07) is 11.7. The summed E-state index contributed by atoms with van der Waals surface area (Å²) in [4.78, 5) is 15.4. The maximum absolute atomic E-state index is 14.1. The van der Waals surface area contributed by atoms with Crippen LogP contribution in [0.1, 0.15) is 30.0 Å². The third-order valence-corrected chi connectivity index (χ3v) is 5.77. The number of hydrogen-bond donors (Lipinski definition) is 0. The van der Waals surface area contributed by atoms with Gasteiger partial charge in [-0.2, -0.15) is 0 Å². The molecule has 1 aliphatic heterocycles. The molecule has 4 rings (SSSR count). The molecule has 2 heterocycles. The van der Waals surface area contributed by atoms with Crippen molar-refractivity contribution in [3.05, 3.63) is 77.6 Å². The largest absolute Gasteiger partial charge is 0.354 e. The molecule has 0 N–H and O–H groups in total. The molecular weight excluding hydrogens is 426 g/mol. The minimum absolute atomic E-state index is 0.0128. The first-order valence-corrected chi connectivity index (χ1v) is 10.7. The molecule has 172 valence electrons. The molecule has 3 aromatic rings. The van der Waals surface area contributed by atoms with E-state index in [1.54, 1.807) is 26.6 Å². The highest BCUT2D eigenvalue weighted by Crippen LogP contribution is 2.33. The van der Waals surface area contributed by atoms with E-state index in [1.165, 1.54) is 18.2 Å². The van der Waals surface area contributed by atoms with Crippen LogP contribution >= 0.6 is 0 Å². The predicted octanol–water partition coefficient (Wildman–Crippen LogP) is 4.80. The number of aliphatic imine (C=N–C) groups is 1. The summed E-state index contributed by atoms with van der Waals surface area (Å²) in [6.07, 6.45) is 4.45. The number of methoxy groups -OCH3 is 2. The van der Waals surface area contributed by atoms with Gasteiger partial charge in [-0.1, -0.05) is 30.3 Å². The van der Waals surface area contributed by atoms with Gasteiger partial charge in [0.2, 0.25) is 5.95 Å². The maximum Gasteiger partial charge on any atom is 0.225 e. The minimum Gasteiger partial charge on any atom is -0.354 e. The van der Waals surface area contributed by atoms with Gasteiger partial charge in [0.05, 0.1) is 18.2 Å². The van der Waals surface area contributed by atoms with Gasteiger partial charge in [0.25, 0.3) is 0 Å². The molecule has 0 amide bonds. The fraction of sp³-hybridized carbons (Fsp3) is 0.320. The molecule has 1 unspecified atom stereocenters. The Morgan fingerprint density at radius 3 is 2.21 bits per heavy atom. The van der Waals surface area contributed by atoms with Gasteiger partial charge in [0, 0.05) is 44.9 Å². The summed E-state index contributed by atoms with van der Waals surface area (Å²) in [5.41, 5.74) is 3.34. The van der Waals surface area contributed by atoms with E-state index in [1.807, 2.05) is 36.2 Å². The first-order chi connectivity index (χ1) is 16.0. The first kappa shape index (κ1) is 22.9. The van der Waals surface area contributed by atoms with Gasteiger partial charge in [-0.05, 0) is 36.1 Å². The number of benzene rings is 2. The molecular formula is C25H26F2N4O2.